The van der Waals surface area contributed by atoms with E-state index < -0.39 is 5.82 Å². The van der Waals surface area contributed by atoms with Crippen LogP contribution < -0.4 is 5.32 Å². The predicted octanol–water partition coefficient (Wildman–Crippen LogP) is 3.91. The van der Waals surface area contributed by atoms with Crippen LogP contribution in [0.15, 0.2) is 34.9 Å². The van der Waals surface area contributed by atoms with Crippen molar-refractivity contribution < 1.29 is 4.39 Å². The molecule has 0 aliphatic carbocycles. The number of benzene rings is 1. The molecule has 0 unspecified atom stereocenters. The molecule has 0 bridgehead atoms. The Morgan fingerprint density at radius 1 is 1.39 bits per heavy atom. The van der Waals surface area contributed by atoms with Gasteiger partial charge in [0.25, 0.3) is 0 Å². The Hall–Kier alpha value is -1.93. The second-order valence-corrected chi connectivity index (χ2v) is 4.60. The lowest BCUT2D eigenvalue weighted by atomic mass is 10.2. The molecule has 2 aromatic rings. The van der Waals surface area contributed by atoms with Gasteiger partial charge >= 0.3 is 0 Å². The Morgan fingerprint density at radius 2 is 2.17 bits per heavy atom. The highest BCUT2D eigenvalue weighted by atomic mass is 79.9. The number of nitrogens with zero attached hydrogens (tertiary/aromatic N) is 2. The zero-order chi connectivity index (χ0) is 13.1. The molecule has 0 atom stereocenters. The van der Waals surface area contributed by atoms with Crippen LogP contribution >= 0.6 is 15.9 Å². The van der Waals surface area contributed by atoms with E-state index in [9.17, 15) is 4.39 Å². The van der Waals surface area contributed by atoms with Gasteiger partial charge in [0.1, 0.15) is 11.6 Å². The van der Waals surface area contributed by atoms with Gasteiger partial charge in [0, 0.05) is 10.7 Å². The van der Waals surface area contributed by atoms with Crippen molar-refractivity contribution in [3.8, 4) is 6.07 Å². The van der Waals surface area contributed by atoms with Crippen LogP contribution in [0.2, 0.25) is 0 Å². The fourth-order valence-corrected chi connectivity index (χ4v) is 1.65. The molecule has 0 saturated heterocycles. The lowest BCUT2D eigenvalue weighted by Gasteiger charge is -2.08. The number of anilines is 2. The molecule has 1 N–H and O–H groups in total. The highest BCUT2D eigenvalue weighted by Crippen LogP contribution is 2.22. The normalized spacial score (nSPS) is 9.89. The Labute approximate surface area is 112 Å². The van der Waals surface area contributed by atoms with Crippen molar-refractivity contribution in [3.05, 3.63) is 51.9 Å². The van der Waals surface area contributed by atoms with Gasteiger partial charge in [-0.15, -0.1) is 0 Å². The molecular formula is C13H9BrFN3. The van der Waals surface area contributed by atoms with Gasteiger partial charge in [-0.2, -0.15) is 5.26 Å². The van der Waals surface area contributed by atoms with E-state index in [2.05, 4.69) is 26.2 Å². The highest BCUT2D eigenvalue weighted by Gasteiger charge is 2.05. The molecule has 0 fully saturated rings. The molecule has 18 heavy (non-hydrogen) atoms. The minimum atomic E-state index is -0.476. The molecule has 5 heteroatoms. The fourth-order valence-electron chi connectivity index (χ4n) is 1.43. The van der Waals surface area contributed by atoms with Crippen molar-refractivity contribution in [1.82, 2.24) is 4.98 Å². The molecule has 0 radical (unpaired) electrons. The lowest BCUT2D eigenvalue weighted by Crippen LogP contribution is -1.97. The average Bonchev–Trinajstić information content (AvgIpc) is 2.36. The number of pyridine rings is 1. The molecule has 2 rings (SSSR count). The highest BCUT2D eigenvalue weighted by molar-refractivity contribution is 9.10. The van der Waals surface area contributed by atoms with Gasteiger partial charge < -0.3 is 5.32 Å². The summed E-state index contributed by atoms with van der Waals surface area (Å²) in [7, 11) is 0. The Balaban J connectivity index is 2.29. The first-order valence-corrected chi connectivity index (χ1v) is 5.98. The zero-order valence-electron chi connectivity index (χ0n) is 9.54. The molecule has 0 saturated carbocycles. The number of aromatic nitrogens is 1. The van der Waals surface area contributed by atoms with E-state index in [-0.39, 0.29) is 5.56 Å². The summed E-state index contributed by atoms with van der Waals surface area (Å²) in [5.41, 5.74) is 1.59. The smallest absolute Gasteiger partial charge is 0.147 e. The molecular weight excluding hydrogens is 297 g/mol. The van der Waals surface area contributed by atoms with Crippen LogP contribution in [-0.4, -0.2) is 4.98 Å². The van der Waals surface area contributed by atoms with Crippen LogP contribution in [0.4, 0.5) is 15.9 Å². The van der Waals surface area contributed by atoms with Crippen molar-refractivity contribution in [2.45, 2.75) is 6.92 Å². The maximum Gasteiger partial charge on any atom is 0.147 e. The lowest BCUT2D eigenvalue weighted by molar-refractivity contribution is 0.631. The molecule has 0 spiro atoms. The maximum absolute atomic E-state index is 13.7. The largest absolute Gasteiger partial charge is 0.338 e. The number of hydrogen-bond donors (Lipinski definition) is 1. The quantitative estimate of drug-likeness (QED) is 0.915. The van der Waals surface area contributed by atoms with Crippen LogP contribution in [0, 0.1) is 24.1 Å². The van der Waals surface area contributed by atoms with Crippen LogP contribution in [0.1, 0.15) is 11.1 Å². The van der Waals surface area contributed by atoms with Gasteiger partial charge in [0.15, 0.2) is 0 Å². The van der Waals surface area contributed by atoms with E-state index in [0.717, 1.165) is 10.0 Å². The summed E-state index contributed by atoms with van der Waals surface area (Å²) < 4.78 is 14.5. The zero-order valence-corrected chi connectivity index (χ0v) is 11.1. The standard InChI is InChI=1S/C13H9BrFN3/c1-8-4-13(17-7-10(8)14)18-12-3-2-9(6-16)5-11(12)15/h2-5,7H,1H3,(H,17,18). The average molecular weight is 306 g/mol. The summed E-state index contributed by atoms with van der Waals surface area (Å²) in [6.45, 7) is 1.92. The fraction of sp³-hybridized carbons (Fsp3) is 0.0769. The number of rotatable bonds is 2. The molecule has 0 amide bonds. The van der Waals surface area contributed by atoms with Gasteiger partial charge in [0.05, 0.1) is 17.3 Å². The molecule has 0 aliphatic rings. The summed E-state index contributed by atoms with van der Waals surface area (Å²) in [5, 5.41) is 11.5. The molecule has 1 heterocycles. The van der Waals surface area contributed by atoms with Crippen LogP contribution in [0.25, 0.3) is 0 Å². The van der Waals surface area contributed by atoms with Crippen LogP contribution in [0.5, 0.6) is 0 Å². The third kappa shape index (κ3) is 2.66. The maximum atomic E-state index is 13.7. The van der Waals surface area contributed by atoms with Crippen molar-refractivity contribution in [2.24, 2.45) is 0 Å². The van der Waals surface area contributed by atoms with Crippen molar-refractivity contribution in [3.63, 3.8) is 0 Å². The summed E-state index contributed by atoms with van der Waals surface area (Å²) in [6, 6.07) is 7.96. The van der Waals surface area contributed by atoms with Crippen LogP contribution in [0.3, 0.4) is 0 Å². The summed E-state index contributed by atoms with van der Waals surface area (Å²) in [4.78, 5) is 4.13. The molecule has 0 aliphatic heterocycles. The monoisotopic (exact) mass is 305 g/mol. The second-order valence-electron chi connectivity index (χ2n) is 3.75. The predicted molar refractivity (Wildman–Crippen MR) is 71.1 cm³/mol. The summed E-state index contributed by atoms with van der Waals surface area (Å²) in [5.74, 6) is 0.0794. The second kappa shape index (κ2) is 5.15. The topological polar surface area (TPSA) is 48.7 Å². The van der Waals surface area contributed by atoms with E-state index in [4.69, 9.17) is 5.26 Å². The first-order valence-electron chi connectivity index (χ1n) is 5.19. The molecule has 3 nitrogen and oxygen atoms in total. The van der Waals surface area contributed by atoms with Crippen molar-refractivity contribution >= 4 is 27.4 Å². The first-order chi connectivity index (χ1) is 8.60. The Morgan fingerprint density at radius 3 is 2.78 bits per heavy atom. The number of aryl methyl sites for hydroxylation is 1. The SMILES string of the molecule is Cc1cc(Nc2ccc(C#N)cc2F)ncc1Br. The van der Waals surface area contributed by atoms with Gasteiger partial charge in [-0.25, -0.2) is 9.37 Å². The minimum Gasteiger partial charge on any atom is -0.338 e. The first kappa shape index (κ1) is 12.5. The number of hydrogen-bond acceptors (Lipinski definition) is 3. The van der Waals surface area contributed by atoms with Gasteiger partial charge in [-0.05, 0) is 52.7 Å². The number of nitrogens with one attached hydrogen (secondary N) is 1. The number of nitriles is 1. The Kier molecular flexibility index (Phi) is 3.58. The third-order valence-electron chi connectivity index (χ3n) is 2.41. The van der Waals surface area contributed by atoms with E-state index in [1.165, 1.54) is 12.1 Å². The molecule has 1 aromatic heterocycles. The van der Waals surface area contributed by atoms with Gasteiger partial charge in [-0.1, -0.05) is 0 Å². The Bertz CT molecular complexity index is 635. The molecule has 90 valence electrons. The van der Waals surface area contributed by atoms with E-state index in [1.807, 2.05) is 19.1 Å². The van der Waals surface area contributed by atoms with E-state index in [1.54, 1.807) is 12.3 Å². The summed E-state index contributed by atoms with van der Waals surface area (Å²) in [6.07, 6.45) is 1.65. The van der Waals surface area contributed by atoms with Crippen LogP contribution in [-0.2, 0) is 0 Å². The summed E-state index contributed by atoms with van der Waals surface area (Å²) >= 11 is 3.35. The third-order valence-corrected chi connectivity index (χ3v) is 3.24. The van der Waals surface area contributed by atoms with E-state index >= 15 is 0 Å². The van der Waals surface area contributed by atoms with E-state index in [0.29, 0.717) is 11.5 Å². The molecule has 1 aromatic carbocycles. The van der Waals surface area contributed by atoms with Crippen molar-refractivity contribution in [1.29, 1.82) is 5.26 Å². The minimum absolute atomic E-state index is 0.290. The van der Waals surface area contributed by atoms with Crippen molar-refractivity contribution in [2.75, 3.05) is 5.32 Å². The van der Waals surface area contributed by atoms with Gasteiger partial charge in [-0.3, -0.25) is 0 Å². The number of halogens is 2. The van der Waals surface area contributed by atoms with Gasteiger partial charge in [0.2, 0.25) is 0 Å².